The van der Waals surface area contributed by atoms with Gasteiger partial charge in [0.05, 0.1) is 0 Å². The molecule has 0 aliphatic rings. The van der Waals surface area contributed by atoms with E-state index in [0.29, 0.717) is 5.56 Å². The first-order chi connectivity index (χ1) is 6.29. The first-order valence-electron chi connectivity index (χ1n) is 4.26. The monoisotopic (exact) mass is 177 g/mol. The molecule has 0 aliphatic heterocycles. The van der Waals surface area contributed by atoms with Crippen molar-refractivity contribution in [3.63, 3.8) is 0 Å². The Morgan fingerprint density at radius 2 is 1.92 bits per heavy atom. The number of aromatic amines is 1. The Morgan fingerprint density at radius 1 is 1.31 bits per heavy atom. The van der Waals surface area contributed by atoms with Crippen LogP contribution in [0.5, 0.6) is 0 Å². The molecule has 0 amide bonds. The van der Waals surface area contributed by atoms with E-state index in [-0.39, 0.29) is 5.56 Å². The number of rotatable bonds is 2. The van der Waals surface area contributed by atoms with Crippen molar-refractivity contribution in [2.24, 2.45) is 0 Å². The molecule has 0 saturated heterocycles. The standard InChI is InChI=1S/C9H9NO.C2H6/c1-3-7-5-6-10-9(11)8(7)4-2;1-2/h3-6H,1-2H2,(H,10,11);1-2H3. The van der Waals surface area contributed by atoms with E-state index >= 15 is 0 Å². The van der Waals surface area contributed by atoms with Crippen molar-refractivity contribution in [3.8, 4) is 0 Å². The molecule has 0 spiro atoms. The molecule has 1 N–H and O–H groups in total. The second-order valence-electron chi connectivity index (χ2n) is 2.08. The lowest BCUT2D eigenvalue weighted by Crippen LogP contribution is -2.09. The third kappa shape index (κ3) is 2.75. The summed E-state index contributed by atoms with van der Waals surface area (Å²) in [6.07, 6.45) is 4.74. The Bertz CT molecular complexity index is 336. The van der Waals surface area contributed by atoms with Crippen molar-refractivity contribution in [2.75, 3.05) is 0 Å². The number of hydrogen-bond acceptors (Lipinski definition) is 1. The van der Waals surface area contributed by atoms with Gasteiger partial charge in [0.15, 0.2) is 0 Å². The van der Waals surface area contributed by atoms with Gasteiger partial charge in [0, 0.05) is 11.8 Å². The van der Waals surface area contributed by atoms with Crippen LogP contribution >= 0.6 is 0 Å². The summed E-state index contributed by atoms with van der Waals surface area (Å²) in [6.45, 7) is 11.1. The van der Waals surface area contributed by atoms with Crippen molar-refractivity contribution >= 4 is 12.2 Å². The smallest absolute Gasteiger partial charge is 0.255 e. The average Bonchev–Trinajstić information content (AvgIpc) is 2.20. The lowest BCUT2D eigenvalue weighted by Gasteiger charge is -1.96. The zero-order valence-corrected chi connectivity index (χ0v) is 8.13. The van der Waals surface area contributed by atoms with E-state index in [2.05, 4.69) is 18.1 Å². The van der Waals surface area contributed by atoms with E-state index in [9.17, 15) is 4.79 Å². The minimum absolute atomic E-state index is 0.127. The Morgan fingerprint density at radius 3 is 2.31 bits per heavy atom. The highest BCUT2D eigenvalue weighted by atomic mass is 16.1. The van der Waals surface area contributed by atoms with Crippen LogP contribution in [0.15, 0.2) is 30.2 Å². The van der Waals surface area contributed by atoms with Crippen LogP contribution in [-0.4, -0.2) is 4.98 Å². The van der Waals surface area contributed by atoms with Gasteiger partial charge < -0.3 is 4.98 Å². The number of aromatic nitrogens is 1. The van der Waals surface area contributed by atoms with Crippen LogP contribution in [0.2, 0.25) is 0 Å². The number of hydrogen-bond donors (Lipinski definition) is 1. The Kier molecular flexibility index (Phi) is 5.28. The second-order valence-corrected chi connectivity index (χ2v) is 2.08. The summed E-state index contributed by atoms with van der Waals surface area (Å²) < 4.78 is 0. The molecule has 1 rings (SSSR count). The van der Waals surface area contributed by atoms with Gasteiger partial charge in [0.25, 0.3) is 5.56 Å². The fourth-order valence-electron chi connectivity index (χ4n) is 0.894. The molecule has 13 heavy (non-hydrogen) atoms. The van der Waals surface area contributed by atoms with E-state index in [1.165, 1.54) is 6.08 Å². The summed E-state index contributed by atoms with van der Waals surface area (Å²) in [7, 11) is 0. The Labute approximate surface area is 78.6 Å². The first kappa shape index (κ1) is 11.4. The molecule has 0 radical (unpaired) electrons. The van der Waals surface area contributed by atoms with Gasteiger partial charge in [0.2, 0.25) is 0 Å². The van der Waals surface area contributed by atoms with Crippen molar-refractivity contribution in [1.82, 2.24) is 4.98 Å². The summed E-state index contributed by atoms with van der Waals surface area (Å²) in [5.74, 6) is 0. The number of pyridine rings is 1. The molecule has 0 bridgehead atoms. The van der Waals surface area contributed by atoms with Crippen molar-refractivity contribution in [3.05, 3.63) is 46.9 Å². The van der Waals surface area contributed by atoms with Crippen LogP contribution in [0.4, 0.5) is 0 Å². The van der Waals surface area contributed by atoms with Crippen molar-refractivity contribution < 1.29 is 0 Å². The molecule has 2 heteroatoms. The highest BCUT2D eigenvalue weighted by molar-refractivity contribution is 5.61. The molecular weight excluding hydrogens is 162 g/mol. The predicted octanol–water partition coefficient (Wildman–Crippen LogP) is 2.69. The van der Waals surface area contributed by atoms with E-state index < -0.39 is 0 Å². The summed E-state index contributed by atoms with van der Waals surface area (Å²) in [6, 6.07) is 1.78. The predicted molar refractivity (Wildman–Crippen MR) is 58.6 cm³/mol. The van der Waals surface area contributed by atoms with Crippen molar-refractivity contribution in [2.45, 2.75) is 13.8 Å². The highest BCUT2D eigenvalue weighted by Gasteiger charge is 1.97. The molecule has 1 aromatic rings. The summed E-state index contributed by atoms with van der Waals surface area (Å²) in [4.78, 5) is 13.6. The van der Waals surface area contributed by atoms with Gasteiger partial charge in [-0.3, -0.25) is 4.79 Å². The first-order valence-corrected chi connectivity index (χ1v) is 4.26. The van der Waals surface area contributed by atoms with Crippen LogP contribution in [-0.2, 0) is 0 Å². The largest absolute Gasteiger partial charge is 0.329 e. The lowest BCUT2D eigenvalue weighted by atomic mass is 10.1. The fourth-order valence-corrected chi connectivity index (χ4v) is 0.894. The summed E-state index contributed by atoms with van der Waals surface area (Å²) >= 11 is 0. The van der Waals surface area contributed by atoms with Gasteiger partial charge in [-0.05, 0) is 11.6 Å². The van der Waals surface area contributed by atoms with Gasteiger partial charge in [0.1, 0.15) is 0 Å². The maximum Gasteiger partial charge on any atom is 0.255 e. The minimum Gasteiger partial charge on any atom is -0.329 e. The van der Waals surface area contributed by atoms with Crippen LogP contribution in [0.25, 0.3) is 12.2 Å². The van der Waals surface area contributed by atoms with E-state index in [0.717, 1.165) is 5.56 Å². The maximum absolute atomic E-state index is 11.1. The molecule has 0 aliphatic carbocycles. The normalized spacial score (nSPS) is 8.15. The summed E-state index contributed by atoms with van der Waals surface area (Å²) in [5.41, 5.74) is 1.25. The Hall–Kier alpha value is -1.57. The molecule has 1 aromatic heterocycles. The molecule has 0 saturated carbocycles. The van der Waals surface area contributed by atoms with Gasteiger partial charge in [-0.15, -0.1) is 0 Å². The minimum atomic E-state index is -0.127. The van der Waals surface area contributed by atoms with E-state index in [1.54, 1.807) is 18.3 Å². The number of H-pyrrole nitrogens is 1. The van der Waals surface area contributed by atoms with Crippen LogP contribution in [0.3, 0.4) is 0 Å². The molecule has 0 atom stereocenters. The Balaban J connectivity index is 0.000000671. The van der Waals surface area contributed by atoms with Crippen LogP contribution in [0.1, 0.15) is 25.0 Å². The molecule has 0 aromatic carbocycles. The van der Waals surface area contributed by atoms with Gasteiger partial charge in [-0.1, -0.05) is 39.2 Å². The molecule has 0 fully saturated rings. The van der Waals surface area contributed by atoms with E-state index in [4.69, 9.17) is 0 Å². The summed E-state index contributed by atoms with van der Waals surface area (Å²) in [5, 5.41) is 0. The zero-order chi connectivity index (χ0) is 10.3. The molecule has 70 valence electrons. The van der Waals surface area contributed by atoms with Gasteiger partial charge >= 0.3 is 0 Å². The SMILES string of the molecule is C=Cc1cc[nH]c(=O)c1C=C.CC. The topological polar surface area (TPSA) is 32.9 Å². The molecular formula is C11H15NO. The maximum atomic E-state index is 11.1. The van der Waals surface area contributed by atoms with Crippen LogP contribution < -0.4 is 5.56 Å². The lowest BCUT2D eigenvalue weighted by molar-refractivity contribution is 1.22. The average molecular weight is 177 g/mol. The zero-order valence-electron chi connectivity index (χ0n) is 8.13. The fraction of sp³-hybridized carbons (Fsp3) is 0.182. The molecule has 2 nitrogen and oxygen atoms in total. The third-order valence-electron chi connectivity index (χ3n) is 1.46. The van der Waals surface area contributed by atoms with Crippen molar-refractivity contribution in [1.29, 1.82) is 0 Å². The highest BCUT2D eigenvalue weighted by Crippen LogP contribution is 2.04. The third-order valence-corrected chi connectivity index (χ3v) is 1.46. The molecule has 1 heterocycles. The van der Waals surface area contributed by atoms with Crippen LogP contribution in [0, 0.1) is 0 Å². The van der Waals surface area contributed by atoms with Gasteiger partial charge in [-0.25, -0.2) is 0 Å². The second kappa shape index (κ2) is 6.00. The number of nitrogens with one attached hydrogen (secondary N) is 1. The quantitative estimate of drug-likeness (QED) is 0.740. The van der Waals surface area contributed by atoms with Gasteiger partial charge in [-0.2, -0.15) is 0 Å². The van der Waals surface area contributed by atoms with E-state index in [1.807, 2.05) is 13.8 Å². The molecule has 0 unspecified atom stereocenters.